The van der Waals surface area contributed by atoms with Crippen LogP contribution in [-0.4, -0.2) is 26.8 Å². The molecule has 1 aromatic rings. The van der Waals surface area contributed by atoms with Crippen LogP contribution in [0.1, 0.15) is 18.6 Å². The van der Waals surface area contributed by atoms with Gasteiger partial charge in [-0.05, 0) is 31.5 Å². The zero-order valence-electron chi connectivity index (χ0n) is 8.48. The fourth-order valence-electron chi connectivity index (χ4n) is 1.88. The summed E-state index contributed by atoms with van der Waals surface area (Å²) >= 11 is 0. The minimum atomic E-state index is -3.04. The summed E-state index contributed by atoms with van der Waals surface area (Å²) < 4.78 is 28.5. The van der Waals surface area contributed by atoms with E-state index in [-0.39, 0.29) is 17.5 Å². The Kier molecular flexibility index (Phi) is 3.11. The van der Waals surface area contributed by atoms with E-state index in [2.05, 4.69) is 5.32 Å². The highest BCUT2D eigenvalue weighted by molar-refractivity contribution is 7.90. The molecular formula is C10H15NO3S. The first-order chi connectivity index (χ1) is 7.16. The van der Waals surface area contributed by atoms with Crippen LogP contribution in [-0.2, 0) is 15.6 Å². The van der Waals surface area contributed by atoms with Crippen molar-refractivity contribution in [1.29, 1.82) is 0 Å². The van der Waals surface area contributed by atoms with E-state index in [1.54, 1.807) is 12.1 Å². The summed E-state index contributed by atoms with van der Waals surface area (Å²) in [4.78, 5) is 0. The summed E-state index contributed by atoms with van der Waals surface area (Å²) in [5.41, 5.74) is 0. The van der Waals surface area contributed by atoms with Crippen LogP contribution < -0.4 is 5.32 Å². The van der Waals surface area contributed by atoms with E-state index in [0.717, 1.165) is 19.4 Å². The Morgan fingerprint density at radius 3 is 3.00 bits per heavy atom. The zero-order valence-corrected chi connectivity index (χ0v) is 9.29. The highest BCUT2D eigenvalue weighted by Gasteiger charge is 2.22. The van der Waals surface area contributed by atoms with Crippen molar-refractivity contribution < 1.29 is 12.8 Å². The van der Waals surface area contributed by atoms with Crippen molar-refractivity contribution >= 4 is 9.84 Å². The van der Waals surface area contributed by atoms with E-state index in [0.29, 0.717) is 5.76 Å². The number of furan rings is 1. The lowest BCUT2D eigenvalue weighted by molar-refractivity contribution is 0.518. The molecular weight excluding hydrogens is 214 g/mol. The SMILES string of the molecule is O=S(=O)(Cc1ccco1)C[C@H]1CCCN1. The molecule has 1 fully saturated rings. The van der Waals surface area contributed by atoms with E-state index in [4.69, 9.17) is 4.42 Å². The number of hydrogen-bond acceptors (Lipinski definition) is 4. The van der Waals surface area contributed by atoms with Crippen molar-refractivity contribution in [2.75, 3.05) is 12.3 Å². The largest absolute Gasteiger partial charge is 0.468 e. The van der Waals surface area contributed by atoms with Gasteiger partial charge in [-0.1, -0.05) is 0 Å². The zero-order chi connectivity index (χ0) is 10.7. The minimum absolute atomic E-state index is 0.0121. The molecule has 0 aliphatic carbocycles. The summed E-state index contributed by atoms with van der Waals surface area (Å²) in [7, 11) is -3.04. The average molecular weight is 229 g/mol. The molecule has 84 valence electrons. The average Bonchev–Trinajstić information content (AvgIpc) is 2.75. The van der Waals surface area contributed by atoms with E-state index >= 15 is 0 Å². The second-order valence-electron chi connectivity index (χ2n) is 3.93. The Labute approximate surface area is 89.6 Å². The first-order valence-electron chi connectivity index (χ1n) is 5.12. The van der Waals surface area contributed by atoms with Crippen molar-refractivity contribution in [3.8, 4) is 0 Å². The van der Waals surface area contributed by atoms with Gasteiger partial charge < -0.3 is 9.73 Å². The second-order valence-corrected chi connectivity index (χ2v) is 6.04. The molecule has 0 spiro atoms. The third kappa shape index (κ3) is 3.07. The molecule has 2 heterocycles. The highest BCUT2D eigenvalue weighted by Crippen LogP contribution is 2.12. The van der Waals surface area contributed by atoms with Gasteiger partial charge in [0.05, 0.1) is 12.0 Å². The van der Waals surface area contributed by atoms with Crippen LogP contribution in [0.5, 0.6) is 0 Å². The van der Waals surface area contributed by atoms with Gasteiger partial charge >= 0.3 is 0 Å². The molecule has 2 rings (SSSR count). The Balaban J connectivity index is 1.94. The van der Waals surface area contributed by atoms with Gasteiger partial charge in [0.2, 0.25) is 0 Å². The number of hydrogen-bond donors (Lipinski definition) is 1. The normalized spacial score (nSPS) is 22.0. The summed E-state index contributed by atoms with van der Waals surface area (Å²) in [6.45, 7) is 0.931. The summed E-state index contributed by atoms with van der Waals surface area (Å²) in [6.07, 6.45) is 3.52. The van der Waals surface area contributed by atoms with Crippen LogP contribution >= 0.6 is 0 Å². The molecule has 15 heavy (non-hydrogen) atoms. The maximum Gasteiger partial charge on any atom is 0.159 e. The van der Waals surface area contributed by atoms with Gasteiger partial charge in [0, 0.05) is 6.04 Å². The maximum atomic E-state index is 11.8. The van der Waals surface area contributed by atoms with Crippen molar-refractivity contribution in [3.63, 3.8) is 0 Å². The van der Waals surface area contributed by atoms with Crippen LogP contribution in [0.3, 0.4) is 0 Å². The number of rotatable bonds is 4. The highest BCUT2D eigenvalue weighted by atomic mass is 32.2. The molecule has 1 aliphatic rings. The Hall–Kier alpha value is -0.810. The van der Waals surface area contributed by atoms with Gasteiger partial charge in [0.15, 0.2) is 9.84 Å². The van der Waals surface area contributed by atoms with E-state index in [9.17, 15) is 8.42 Å². The molecule has 5 heteroatoms. The third-order valence-corrected chi connectivity index (χ3v) is 4.19. The van der Waals surface area contributed by atoms with Crippen LogP contribution in [0.15, 0.2) is 22.8 Å². The molecule has 0 bridgehead atoms. The summed E-state index contributed by atoms with van der Waals surface area (Å²) in [5.74, 6) is 0.749. The van der Waals surface area contributed by atoms with E-state index < -0.39 is 9.84 Å². The van der Waals surface area contributed by atoms with Crippen molar-refractivity contribution in [1.82, 2.24) is 5.32 Å². The Morgan fingerprint density at radius 1 is 1.53 bits per heavy atom. The summed E-state index contributed by atoms with van der Waals surface area (Å²) in [6, 6.07) is 3.53. The first-order valence-corrected chi connectivity index (χ1v) is 6.94. The molecule has 1 N–H and O–H groups in total. The molecule has 0 aromatic carbocycles. The van der Waals surface area contributed by atoms with E-state index in [1.165, 1.54) is 6.26 Å². The molecule has 1 atom stereocenters. The molecule has 4 nitrogen and oxygen atoms in total. The van der Waals surface area contributed by atoms with Crippen LogP contribution in [0, 0.1) is 0 Å². The molecule has 1 saturated heterocycles. The van der Waals surface area contributed by atoms with Crippen molar-refractivity contribution in [2.45, 2.75) is 24.6 Å². The molecule has 0 amide bonds. The molecule has 1 aromatic heterocycles. The monoisotopic (exact) mass is 229 g/mol. The third-order valence-electron chi connectivity index (χ3n) is 2.56. The Morgan fingerprint density at radius 2 is 2.40 bits per heavy atom. The molecule has 0 radical (unpaired) electrons. The van der Waals surface area contributed by atoms with E-state index in [1.807, 2.05) is 0 Å². The second kappa shape index (κ2) is 4.37. The lowest BCUT2D eigenvalue weighted by atomic mass is 10.3. The van der Waals surface area contributed by atoms with Gasteiger partial charge in [-0.3, -0.25) is 0 Å². The minimum Gasteiger partial charge on any atom is -0.468 e. The predicted molar refractivity (Wildman–Crippen MR) is 57.2 cm³/mol. The molecule has 0 saturated carbocycles. The maximum absolute atomic E-state index is 11.8. The van der Waals surface area contributed by atoms with Gasteiger partial charge in [-0.2, -0.15) is 0 Å². The van der Waals surface area contributed by atoms with Gasteiger partial charge in [0.25, 0.3) is 0 Å². The van der Waals surface area contributed by atoms with Crippen LogP contribution in [0.25, 0.3) is 0 Å². The Bertz CT molecular complexity index is 390. The fourth-order valence-corrected chi connectivity index (χ4v) is 3.49. The first kappa shape index (κ1) is 10.7. The molecule has 1 aliphatic heterocycles. The molecule has 0 unspecified atom stereocenters. The standard InChI is InChI=1S/C10H15NO3S/c12-15(13,7-9-3-1-5-11-9)8-10-4-2-6-14-10/h2,4,6,9,11H,1,3,5,7-8H2/t9-/m1/s1. The van der Waals surface area contributed by atoms with Gasteiger partial charge in [-0.15, -0.1) is 0 Å². The van der Waals surface area contributed by atoms with Crippen molar-refractivity contribution in [3.05, 3.63) is 24.2 Å². The topological polar surface area (TPSA) is 59.3 Å². The number of nitrogens with one attached hydrogen (secondary N) is 1. The van der Waals surface area contributed by atoms with Gasteiger partial charge in [-0.25, -0.2) is 8.42 Å². The lowest BCUT2D eigenvalue weighted by Crippen LogP contribution is -2.30. The number of sulfone groups is 1. The van der Waals surface area contributed by atoms with Gasteiger partial charge in [0.1, 0.15) is 11.5 Å². The van der Waals surface area contributed by atoms with Crippen molar-refractivity contribution in [2.24, 2.45) is 0 Å². The fraction of sp³-hybridized carbons (Fsp3) is 0.600. The van der Waals surface area contributed by atoms with Crippen LogP contribution in [0.4, 0.5) is 0 Å². The smallest absolute Gasteiger partial charge is 0.159 e. The quantitative estimate of drug-likeness (QED) is 0.835. The summed E-state index contributed by atoms with van der Waals surface area (Å²) in [5, 5.41) is 3.18. The lowest BCUT2D eigenvalue weighted by Gasteiger charge is -2.09. The van der Waals surface area contributed by atoms with Crippen LogP contribution in [0.2, 0.25) is 0 Å². The predicted octanol–water partition coefficient (Wildman–Crippen LogP) is 0.946.